The Balaban J connectivity index is 1.91. The minimum Gasteiger partial charge on any atom is -0.445 e. The van der Waals surface area contributed by atoms with Crippen LogP contribution in [-0.4, -0.2) is 41.4 Å². The number of thioether (sulfide) groups is 1. The molecule has 2 aromatic rings. The Morgan fingerprint density at radius 2 is 1.33 bits per heavy atom. The average molecular weight is 513 g/mol. The zero-order chi connectivity index (χ0) is 26.3. The van der Waals surface area contributed by atoms with Gasteiger partial charge in [-0.1, -0.05) is 88.4 Å². The molecule has 2 atom stereocenters. The highest BCUT2D eigenvalue weighted by Crippen LogP contribution is 2.13. The number of carbonyl (C=O) groups is 3. The number of carbonyl (C=O) groups excluding carboxylic acids is 3. The summed E-state index contributed by atoms with van der Waals surface area (Å²) in [5.74, 6) is 1.23. The molecular formula is C29H40N2O4S. The Morgan fingerprint density at radius 1 is 0.778 bits per heavy atom. The Labute approximate surface area is 220 Å². The third kappa shape index (κ3) is 11.8. The second kappa shape index (κ2) is 16.0. The minimum atomic E-state index is -0.776. The number of ketones is 1. The normalized spacial score (nSPS) is 12.7. The van der Waals surface area contributed by atoms with Crippen LogP contribution in [0, 0.1) is 11.8 Å². The summed E-state index contributed by atoms with van der Waals surface area (Å²) in [6, 6.07) is 18.2. The van der Waals surface area contributed by atoms with Gasteiger partial charge in [0, 0.05) is 0 Å². The molecule has 2 N–H and O–H groups in total. The van der Waals surface area contributed by atoms with Gasteiger partial charge < -0.3 is 15.4 Å². The number of hydrogen-bond acceptors (Lipinski definition) is 5. The summed E-state index contributed by atoms with van der Waals surface area (Å²) in [7, 11) is 0. The molecule has 36 heavy (non-hydrogen) atoms. The lowest BCUT2D eigenvalue weighted by Crippen LogP contribution is -2.52. The monoisotopic (exact) mass is 512 g/mol. The summed E-state index contributed by atoms with van der Waals surface area (Å²) >= 11 is 1.58. The van der Waals surface area contributed by atoms with Crippen LogP contribution in [0.15, 0.2) is 60.7 Å². The van der Waals surface area contributed by atoms with Crippen molar-refractivity contribution in [3.8, 4) is 0 Å². The van der Waals surface area contributed by atoms with E-state index >= 15 is 0 Å². The molecule has 0 aliphatic heterocycles. The fraction of sp³-hybridized carbons (Fsp3) is 0.483. The zero-order valence-electron chi connectivity index (χ0n) is 21.9. The highest BCUT2D eigenvalue weighted by molar-refractivity contribution is 7.99. The largest absolute Gasteiger partial charge is 0.445 e. The number of nitrogens with one attached hydrogen (secondary N) is 2. The maximum absolute atomic E-state index is 13.2. The second-order valence-corrected chi connectivity index (χ2v) is 10.9. The summed E-state index contributed by atoms with van der Waals surface area (Å²) in [5.41, 5.74) is 2.11. The van der Waals surface area contributed by atoms with Gasteiger partial charge in [0.05, 0.1) is 11.8 Å². The summed E-state index contributed by atoms with van der Waals surface area (Å²) < 4.78 is 5.31. The molecule has 0 saturated heterocycles. The number of rotatable bonds is 15. The molecule has 0 heterocycles. The molecule has 0 fully saturated rings. The van der Waals surface area contributed by atoms with Gasteiger partial charge in [-0.3, -0.25) is 9.59 Å². The molecule has 7 heteroatoms. The lowest BCUT2D eigenvalue weighted by molar-refractivity contribution is -0.128. The van der Waals surface area contributed by atoms with E-state index in [-0.39, 0.29) is 30.1 Å². The van der Waals surface area contributed by atoms with Crippen LogP contribution < -0.4 is 10.6 Å². The highest BCUT2D eigenvalue weighted by atomic mass is 32.2. The lowest BCUT2D eigenvalue weighted by atomic mass is 9.99. The van der Waals surface area contributed by atoms with Gasteiger partial charge in [0.2, 0.25) is 5.91 Å². The SMILES string of the molecule is CC(C)C[C@H](NC(=O)[C@H](CC(C)C)NC(=O)OCc1ccccc1)C(=O)CSCCc1ccccc1. The molecule has 0 aromatic heterocycles. The van der Waals surface area contributed by atoms with Crippen LogP contribution in [0.1, 0.15) is 51.7 Å². The molecule has 2 amide bonds. The van der Waals surface area contributed by atoms with Crippen molar-refractivity contribution in [1.29, 1.82) is 0 Å². The quantitative estimate of drug-likeness (QED) is 0.312. The standard InChI is InChI=1S/C29H40N2O4S/c1-21(2)17-25(27(32)20-36-16-15-23-11-7-5-8-12-23)30-28(33)26(18-22(3)4)31-29(34)35-19-24-13-9-6-10-14-24/h5-14,21-22,25-26H,15-20H2,1-4H3,(H,30,33)(H,31,34)/t25-,26-/m0/s1. The maximum Gasteiger partial charge on any atom is 0.408 e. The van der Waals surface area contributed by atoms with E-state index in [2.05, 4.69) is 22.8 Å². The van der Waals surface area contributed by atoms with Crippen molar-refractivity contribution in [2.75, 3.05) is 11.5 Å². The summed E-state index contributed by atoms with van der Waals surface area (Å²) in [5, 5.41) is 5.62. The Morgan fingerprint density at radius 3 is 1.92 bits per heavy atom. The van der Waals surface area contributed by atoms with Gasteiger partial charge >= 0.3 is 6.09 Å². The number of amides is 2. The zero-order valence-corrected chi connectivity index (χ0v) is 22.7. The predicted octanol–water partition coefficient (Wildman–Crippen LogP) is 5.40. The van der Waals surface area contributed by atoms with Gasteiger partial charge in [-0.2, -0.15) is 11.8 Å². The first-order valence-electron chi connectivity index (χ1n) is 12.7. The van der Waals surface area contributed by atoms with Crippen LogP contribution in [0.4, 0.5) is 4.79 Å². The number of Topliss-reactive ketones (excluding diaryl/α,β-unsaturated/α-hetero) is 1. The van der Waals surface area contributed by atoms with Gasteiger partial charge in [0.1, 0.15) is 12.6 Å². The average Bonchev–Trinajstić information content (AvgIpc) is 2.85. The van der Waals surface area contributed by atoms with Crippen molar-refractivity contribution in [1.82, 2.24) is 10.6 Å². The number of benzene rings is 2. The predicted molar refractivity (Wildman–Crippen MR) is 147 cm³/mol. The maximum atomic E-state index is 13.2. The molecule has 0 radical (unpaired) electrons. The van der Waals surface area contributed by atoms with Crippen LogP contribution in [0.5, 0.6) is 0 Å². The number of aryl methyl sites for hydroxylation is 1. The summed E-state index contributed by atoms with van der Waals surface area (Å²) in [4.78, 5) is 38.6. The highest BCUT2D eigenvalue weighted by Gasteiger charge is 2.28. The third-order valence-corrected chi connectivity index (χ3v) is 6.54. The van der Waals surface area contributed by atoms with Crippen molar-refractivity contribution in [3.63, 3.8) is 0 Å². The molecule has 2 aromatic carbocycles. The molecule has 2 rings (SSSR count). The van der Waals surface area contributed by atoms with E-state index in [0.717, 1.165) is 17.7 Å². The van der Waals surface area contributed by atoms with Crippen molar-refractivity contribution >= 4 is 29.5 Å². The van der Waals surface area contributed by atoms with Crippen LogP contribution in [-0.2, 0) is 27.4 Å². The fourth-order valence-electron chi connectivity index (χ4n) is 3.73. The summed E-state index contributed by atoms with van der Waals surface area (Å²) in [6.45, 7) is 8.14. The van der Waals surface area contributed by atoms with Gasteiger partial charge in [0.25, 0.3) is 0 Å². The first-order chi connectivity index (χ1) is 17.2. The van der Waals surface area contributed by atoms with E-state index in [9.17, 15) is 14.4 Å². The van der Waals surface area contributed by atoms with Crippen LogP contribution in [0.3, 0.4) is 0 Å². The van der Waals surface area contributed by atoms with Gasteiger partial charge in [-0.25, -0.2) is 4.79 Å². The van der Waals surface area contributed by atoms with E-state index < -0.39 is 18.2 Å². The van der Waals surface area contributed by atoms with E-state index in [1.807, 2.05) is 76.2 Å². The second-order valence-electron chi connectivity index (χ2n) is 9.83. The van der Waals surface area contributed by atoms with E-state index in [1.54, 1.807) is 11.8 Å². The third-order valence-electron chi connectivity index (χ3n) is 5.56. The Hall–Kier alpha value is -2.80. The molecule has 0 spiro atoms. The number of ether oxygens (including phenoxy) is 1. The lowest BCUT2D eigenvalue weighted by Gasteiger charge is -2.24. The smallest absolute Gasteiger partial charge is 0.408 e. The van der Waals surface area contributed by atoms with E-state index in [1.165, 1.54) is 5.56 Å². The van der Waals surface area contributed by atoms with Gasteiger partial charge in [-0.15, -0.1) is 0 Å². The molecule has 0 aliphatic rings. The Kier molecular flexibility index (Phi) is 13.1. The number of hydrogen-bond donors (Lipinski definition) is 2. The molecule has 6 nitrogen and oxygen atoms in total. The van der Waals surface area contributed by atoms with Crippen LogP contribution >= 0.6 is 11.8 Å². The molecular weight excluding hydrogens is 472 g/mol. The molecule has 0 saturated carbocycles. The topological polar surface area (TPSA) is 84.5 Å². The van der Waals surface area contributed by atoms with E-state index in [4.69, 9.17) is 4.74 Å². The molecule has 0 aliphatic carbocycles. The summed E-state index contributed by atoms with van der Waals surface area (Å²) in [6.07, 6.45) is 1.24. The van der Waals surface area contributed by atoms with Crippen molar-refractivity contribution in [3.05, 3.63) is 71.8 Å². The fourth-order valence-corrected chi connectivity index (χ4v) is 4.66. The van der Waals surface area contributed by atoms with Gasteiger partial charge in [-0.05, 0) is 48.0 Å². The van der Waals surface area contributed by atoms with Crippen LogP contribution in [0.25, 0.3) is 0 Å². The molecule has 0 bridgehead atoms. The van der Waals surface area contributed by atoms with Crippen molar-refractivity contribution in [2.24, 2.45) is 11.8 Å². The van der Waals surface area contributed by atoms with Crippen molar-refractivity contribution in [2.45, 2.75) is 65.6 Å². The van der Waals surface area contributed by atoms with E-state index in [0.29, 0.717) is 18.6 Å². The molecule has 0 unspecified atom stereocenters. The first kappa shape index (κ1) is 29.4. The van der Waals surface area contributed by atoms with Crippen molar-refractivity contribution < 1.29 is 19.1 Å². The van der Waals surface area contributed by atoms with Gasteiger partial charge in [0.15, 0.2) is 5.78 Å². The van der Waals surface area contributed by atoms with Crippen LogP contribution in [0.2, 0.25) is 0 Å². The first-order valence-corrected chi connectivity index (χ1v) is 13.8. The minimum absolute atomic E-state index is 0.00469. The molecule has 196 valence electrons. The number of alkyl carbamates (subject to hydrolysis) is 1. The Bertz CT molecular complexity index is 935.